The normalized spacial score (nSPS) is 10.3. The minimum absolute atomic E-state index is 0.0163. The molecule has 18 heavy (non-hydrogen) atoms. The third kappa shape index (κ3) is 2.77. The highest BCUT2D eigenvalue weighted by atomic mass is 16.5. The molecule has 0 radical (unpaired) electrons. The second-order valence-corrected chi connectivity index (χ2v) is 4.11. The molecule has 4 heteroatoms. The Morgan fingerprint density at radius 2 is 2.17 bits per heavy atom. The number of rotatable bonds is 5. The summed E-state index contributed by atoms with van der Waals surface area (Å²) in [4.78, 5) is 15.6. The van der Waals surface area contributed by atoms with Gasteiger partial charge < -0.3 is 9.30 Å². The number of Topliss-reactive ketones (excluding diaryl/α,β-unsaturated/α-hetero) is 1. The van der Waals surface area contributed by atoms with Crippen LogP contribution in [-0.2, 0) is 13.5 Å². The lowest BCUT2D eigenvalue weighted by Gasteiger charge is -2.09. The maximum Gasteiger partial charge on any atom is 0.163 e. The summed E-state index contributed by atoms with van der Waals surface area (Å²) in [5.41, 5.74) is 0.623. The van der Waals surface area contributed by atoms with Crippen LogP contribution in [0.5, 0.6) is 5.75 Å². The number of aromatic nitrogens is 2. The Kier molecular flexibility index (Phi) is 3.77. The number of carbonyl (C=O) groups excluding carboxylic acids is 1. The molecule has 1 aromatic carbocycles. The summed E-state index contributed by atoms with van der Waals surface area (Å²) >= 11 is 0. The first-order valence-corrected chi connectivity index (χ1v) is 5.87. The van der Waals surface area contributed by atoms with Crippen molar-refractivity contribution in [2.45, 2.75) is 13.3 Å². The summed E-state index contributed by atoms with van der Waals surface area (Å²) in [5, 5.41) is 0. The molecule has 0 N–H and O–H groups in total. The van der Waals surface area contributed by atoms with Crippen LogP contribution in [-0.4, -0.2) is 21.9 Å². The Morgan fingerprint density at radius 1 is 1.39 bits per heavy atom. The van der Waals surface area contributed by atoms with E-state index in [0.717, 1.165) is 12.2 Å². The number of ether oxygens (including phenoxy) is 1. The Hall–Kier alpha value is -2.10. The molecule has 0 unspecified atom stereocenters. The number of aryl methyl sites for hydroxylation is 1. The molecule has 0 atom stereocenters. The Labute approximate surface area is 106 Å². The van der Waals surface area contributed by atoms with Crippen LogP contribution < -0.4 is 4.74 Å². The molecule has 0 aliphatic rings. The fraction of sp³-hybridized carbons (Fsp3) is 0.286. The average molecular weight is 244 g/mol. The lowest BCUT2D eigenvalue weighted by atomic mass is 10.1. The van der Waals surface area contributed by atoms with Crippen LogP contribution in [0.2, 0.25) is 0 Å². The van der Waals surface area contributed by atoms with Crippen LogP contribution in [0.4, 0.5) is 0 Å². The summed E-state index contributed by atoms with van der Waals surface area (Å²) in [6.07, 6.45) is 4.38. The first-order chi connectivity index (χ1) is 8.68. The van der Waals surface area contributed by atoms with Gasteiger partial charge in [0, 0.05) is 25.9 Å². The molecule has 2 aromatic rings. The molecule has 0 spiro atoms. The van der Waals surface area contributed by atoms with Crippen molar-refractivity contribution in [3.63, 3.8) is 0 Å². The summed E-state index contributed by atoms with van der Waals surface area (Å²) in [6.45, 7) is 2.05. The van der Waals surface area contributed by atoms with E-state index in [1.165, 1.54) is 0 Å². The van der Waals surface area contributed by atoms with Crippen molar-refractivity contribution < 1.29 is 9.53 Å². The van der Waals surface area contributed by atoms with Crippen molar-refractivity contribution in [3.05, 3.63) is 48.0 Å². The van der Waals surface area contributed by atoms with E-state index in [1.807, 2.05) is 36.0 Å². The van der Waals surface area contributed by atoms with Gasteiger partial charge in [0.15, 0.2) is 5.78 Å². The fourth-order valence-electron chi connectivity index (χ4n) is 1.77. The van der Waals surface area contributed by atoms with Gasteiger partial charge in [-0.2, -0.15) is 0 Å². The molecular weight excluding hydrogens is 228 g/mol. The Balaban J connectivity index is 1.99. The molecule has 1 heterocycles. The topological polar surface area (TPSA) is 44.1 Å². The highest BCUT2D eigenvalue weighted by Crippen LogP contribution is 2.18. The SMILES string of the molecule is CC(=O)c1ccccc1OCCc1nccn1C. The number of carbonyl (C=O) groups is 1. The maximum absolute atomic E-state index is 11.4. The van der Waals surface area contributed by atoms with Gasteiger partial charge >= 0.3 is 0 Å². The van der Waals surface area contributed by atoms with Gasteiger partial charge in [0.2, 0.25) is 0 Å². The van der Waals surface area contributed by atoms with Gasteiger partial charge in [0.25, 0.3) is 0 Å². The van der Waals surface area contributed by atoms with E-state index in [9.17, 15) is 4.79 Å². The second kappa shape index (κ2) is 5.49. The standard InChI is InChI=1S/C14H16N2O2/c1-11(17)12-5-3-4-6-13(12)18-10-7-14-15-8-9-16(14)2/h3-6,8-9H,7,10H2,1-2H3. The molecule has 0 aliphatic heterocycles. The number of imidazole rings is 1. The van der Waals surface area contributed by atoms with Gasteiger partial charge in [0.1, 0.15) is 11.6 Å². The van der Waals surface area contributed by atoms with E-state index in [-0.39, 0.29) is 5.78 Å². The predicted octanol–water partition coefficient (Wildman–Crippen LogP) is 2.24. The monoisotopic (exact) mass is 244 g/mol. The largest absolute Gasteiger partial charge is 0.492 e. The Bertz CT molecular complexity index is 546. The average Bonchev–Trinajstić information content (AvgIpc) is 2.76. The highest BCUT2D eigenvalue weighted by Gasteiger charge is 2.07. The van der Waals surface area contributed by atoms with Gasteiger partial charge in [-0.15, -0.1) is 0 Å². The van der Waals surface area contributed by atoms with Crippen molar-refractivity contribution in [1.82, 2.24) is 9.55 Å². The third-order valence-electron chi connectivity index (χ3n) is 2.77. The summed E-state index contributed by atoms with van der Waals surface area (Å²) in [5.74, 6) is 1.62. The van der Waals surface area contributed by atoms with Gasteiger partial charge in [-0.3, -0.25) is 4.79 Å². The van der Waals surface area contributed by atoms with Gasteiger partial charge in [0.05, 0.1) is 12.2 Å². The van der Waals surface area contributed by atoms with Crippen molar-refractivity contribution in [3.8, 4) is 5.75 Å². The van der Waals surface area contributed by atoms with Gasteiger partial charge in [-0.05, 0) is 19.1 Å². The zero-order valence-electron chi connectivity index (χ0n) is 10.6. The number of hydrogen-bond acceptors (Lipinski definition) is 3. The summed E-state index contributed by atoms with van der Waals surface area (Å²) in [7, 11) is 1.95. The molecule has 1 aromatic heterocycles. The zero-order chi connectivity index (χ0) is 13.0. The molecule has 4 nitrogen and oxygen atoms in total. The smallest absolute Gasteiger partial charge is 0.163 e. The second-order valence-electron chi connectivity index (χ2n) is 4.11. The van der Waals surface area contributed by atoms with Crippen LogP contribution in [0.3, 0.4) is 0 Å². The van der Waals surface area contributed by atoms with Crippen LogP contribution in [0.25, 0.3) is 0 Å². The first-order valence-electron chi connectivity index (χ1n) is 5.87. The van der Waals surface area contributed by atoms with Gasteiger partial charge in [-0.25, -0.2) is 4.98 Å². The van der Waals surface area contributed by atoms with E-state index in [0.29, 0.717) is 17.9 Å². The predicted molar refractivity (Wildman–Crippen MR) is 68.9 cm³/mol. The number of benzene rings is 1. The molecule has 0 saturated carbocycles. The Morgan fingerprint density at radius 3 is 2.83 bits per heavy atom. The van der Waals surface area contributed by atoms with E-state index >= 15 is 0 Å². The molecule has 2 rings (SSSR count). The molecule has 0 amide bonds. The number of ketones is 1. The number of nitrogens with zero attached hydrogens (tertiary/aromatic N) is 2. The van der Waals surface area contributed by atoms with E-state index in [4.69, 9.17) is 4.74 Å². The first kappa shape index (κ1) is 12.4. The van der Waals surface area contributed by atoms with E-state index < -0.39 is 0 Å². The zero-order valence-corrected chi connectivity index (χ0v) is 10.6. The number of para-hydroxylation sites is 1. The molecule has 0 fully saturated rings. The molecule has 0 aliphatic carbocycles. The minimum atomic E-state index is 0.0163. The lowest BCUT2D eigenvalue weighted by molar-refractivity contribution is 0.101. The van der Waals surface area contributed by atoms with E-state index in [2.05, 4.69) is 4.98 Å². The van der Waals surface area contributed by atoms with Crippen molar-refractivity contribution >= 4 is 5.78 Å². The maximum atomic E-state index is 11.4. The quantitative estimate of drug-likeness (QED) is 0.758. The van der Waals surface area contributed by atoms with Crippen LogP contribution in [0.15, 0.2) is 36.7 Å². The van der Waals surface area contributed by atoms with E-state index in [1.54, 1.807) is 19.2 Å². The molecule has 94 valence electrons. The summed E-state index contributed by atoms with van der Waals surface area (Å²) < 4.78 is 7.61. The van der Waals surface area contributed by atoms with Gasteiger partial charge in [-0.1, -0.05) is 12.1 Å². The summed E-state index contributed by atoms with van der Waals surface area (Å²) in [6, 6.07) is 7.29. The molecule has 0 bridgehead atoms. The van der Waals surface area contributed by atoms with Crippen LogP contribution in [0, 0.1) is 0 Å². The molecule has 0 saturated heterocycles. The third-order valence-corrected chi connectivity index (χ3v) is 2.77. The van der Waals surface area contributed by atoms with Crippen LogP contribution >= 0.6 is 0 Å². The minimum Gasteiger partial charge on any atom is -0.492 e. The van der Waals surface area contributed by atoms with Crippen molar-refractivity contribution in [2.75, 3.05) is 6.61 Å². The highest BCUT2D eigenvalue weighted by molar-refractivity contribution is 5.96. The fourth-order valence-corrected chi connectivity index (χ4v) is 1.77. The van der Waals surface area contributed by atoms with Crippen molar-refractivity contribution in [2.24, 2.45) is 7.05 Å². The molecular formula is C14H16N2O2. The van der Waals surface area contributed by atoms with Crippen molar-refractivity contribution in [1.29, 1.82) is 0 Å². The van der Waals surface area contributed by atoms with Crippen LogP contribution in [0.1, 0.15) is 23.1 Å². The lowest BCUT2D eigenvalue weighted by Crippen LogP contribution is -2.08. The number of hydrogen-bond donors (Lipinski definition) is 0.